The molecule has 2 unspecified atom stereocenters. The summed E-state index contributed by atoms with van der Waals surface area (Å²) in [5.41, 5.74) is 0. The minimum Gasteiger partial charge on any atom is -0.395 e. The Hall–Kier alpha value is 0.531. The third kappa shape index (κ3) is 7.34. The predicted octanol–water partition coefficient (Wildman–Crippen LogP) is 7.61. The number of nitrogens with zero attached hydrogens (tertiary/aromatic N) is 1. The van der Waals surface area contributed by atoms with Crippen molar-refractivity contribution in [1.29, 1.82) is 0 Å². The van der Waals surface area contributed by atoms with Crippen molar-refractivity contribution in [2.75, 3.05) is 13.2 Å². The monoisotopic (exact) mass is 447 g/mol. The van der Waals surface area contributed by atoms with E-state index in [4.69, 9.17) is 8.85 Å². The molecular formula is C22H53NO2Si3. The number of hydrogen-bond acceptors (Lipinski definition) is 3. The van der Waals surface area contributed by atoms with Gasteiger partial charge in [-0.05, 0) is 75.7 Å². The van der Waals surface area contributed by atoms with Gasteiger partial charge in [-0.3, -0.25) is 0 Å². The van der Waals surface area contributed by atoms with Crippen LogP contribution in [0.4, 0.5) is 0 Å². The maximum atomic E-state index is 6.62. The van der Waals surface area contributed by atoms with Crippen molar-refractivity contribution in [1.82, 2.24) is 4.23 Å². The fraction of sp³-hybridized carbons (Fsp3) is 1.00. The third-order valence-electron chi connectivity index (χ3n) is 7.46. The molecule has 0 aromatic carbocycles. The summed E-state index contributed by atoms with van der Waals surface area (Å²) in [4.78, 5) is 0. The molecule has 0 fully saturated rings. The van der Waals surface area contributed by atoms with Gasteiger partial charge in [-0.25, -0.2) is 0 Å². The highest BCUT2D eigenvalue weighted by Crippen LogP contribution is 2.36. The van der Waals surface area contributed by atoms with Crippen LogP contribution in [-0.2, 0) is 8.85 Å². The third-order valence-corrected chi connectivity index (χ3v) is 24.1. The summed E-state index contributed by atoms with van der Waals surface area (Å²) in [6.07, 6.45) is 2.60. The van der Waals surface area contributed by atoms with Gasteiger partial charge in [-0.1, -0.05) is 54.9 Å². The van der Waals surface area contributed by atoms with Crippen molar-refractivity contribution in [3.05, 3.63) is 0 Å². The van der Waals surface area contributed by atoms with E-state index in [0.29, 0.717) is 6.10 Å². The molecule has 0 aliphatic rings. The van der Waals surface area contributed by atoms with Crippen LogP contribution in [0.3, 0.4) is 0 Å². The van der Waals surface area contributed by atoms with Gasteiger partial charge in [0.15, 0.2) is 0 Å². The van der Waals surface area contributed by atoms with E-state index in [9.17, 15) is 0 Å². The molecule has 0 amide bonds. The Kier molecular flexibility index (Phi) is 14.0. The molecule has 0 aromatic rings. The molecule has 0 saturated carbocycles. The van der Waals surface area contributed by atoms with E-state index in [1.807, 2.05) is 0 Å². The summed E-state index contributed by atoms with van der Waals surface area (Å²) in [6, 6.07) is 9.47. The summed E-state index contributed by atoms with van der Waals surface area (Å²) in [5.74, 6) is 0. The van der Waals surface area contributed by atoms with E-state index in [0.717, 1.165) is 25.5 Å². The summed E-state index contributed by atoms with van der Waals surface area (Å²) in [6.45, 7) is 25.7. The van der Waals surface area contributed by atoms with Crippen LogP contribution in [0.1, 0.15) is 75.2 Å². The topological polar surface area (TPSA) is 21.7 Å². The molecule has 0 rings (SSSR count). The van der Waals surface area contributed by atoms with Gasteiger partial charge in [0.05, 0.1) is 0 Å². The van der Waals surface area contributed by atoms with Crippen molar-refractivity contribution < 1.29 is 8.85 Å². The Labute approximate surface area is 181 Å². The average Bonchev–Trinajstić information content (AvgIpc) is 2.68. The van der Waals surface area contributed by atoms with Gasteiger partial charge in [0.1, 0.15) is 16.5 Å². The van der Waals surface area contributed by atoms with Crippen molar-refractivity contribution in [3.8, 4) is 0 Å². The van der Waals surface area contributed by atoms with Gasteiger partial charge in [0, 0.05) is 12.7 Å². The van der Waals surface area contributed by atoms with Gasteiger partial charge in [0.25, 0.3) is 0 Å². The quantitative estimate of drug-likeness (QED) is 0.214. The van der Waals surface area contributed by atoms with Crippen LogP contribution < -0.4 is 0 Å². The first kappa shape index (κ1) is 28.5. The highest BCUT2D eigenvalue weighted by atomic mass is 28.4. The number of rotatable bonds is 17. The molecule has 0 saturated heterocycles. The Bertz CT molecular complexity index is 359. The second kappa shape index (κ2) is 13.8. The van der Waals surface area contributed by atoms with E-state index < -0.39 is 25.0 Å². The summed E-state index contributed by atoms with van der Waals surface area (Å²) < 4.78 is 15.9. The Balaban J connectivity index is 5.51. The lowest BCUT2D eigenvalue weighted by molar-refractivity contribution is 0.122. The summed E-state index contributed by atoms with van der Waals surface area (Å²) >= 11 is 0. The zero-order chi connectivity index (χ0) is 21.8. The van der Waals surface area contributed by atoms with Gasteiger partial charge < -0.3 is 13.1 Å². The minimum atomic E-state index is -2.02. The molecule has 170 valence electrons. The zero-order valence-corrected chi connectivity index (χ0v) is 24.1. The Morgan fingerprint density at radius 2 is 1.18 bits per heavy atom. The molecule has 0 N–H and O–H groups in total. The zero-order valence-electron chi connectivity index (χ0n) is 21.1. The second-order valence-electron chi connectivity index (χ2n) is 8.76. The maximum absolute atomic E-state index is 6.62. The molecule has 3 nitrogen and oxygen atoms in total. The van der Waals surface area contributed by atoms with Crippen molar-refractivity contribution in [2.45, 2.75) is 130 Å². The van der Waals surface area contributed by atoms with Crippen LogP contribution in [0, 0.1) is 0 Å². The summed E-state index contributed by atoms with van der Waals surface area (Å²) in [5, 5.41) is 0. The van der Waals surface area contributed by atoms with Crippen LogP contribution in [0.15, 0.2) is 0 Å². The smallest absolute Gasteiger partial charge is 0.335 e. The Morgan fingerprint density at radius 1 is 0.750 bits per heavy atom. The molecule has 0 heterocycles. The highest BCUT2D eigenvalue weighted by molar-refractivity contribution is 6.92. The van der Waals surface area contributed by atoms with Gasteiger partial charge in [-0.2, -0.15) is 0 Å². The molecule has 2 atom stereocenters. The molecule has 0 radical (unpaired) electrons. The van der Waals surface area contributed by atoms with E-state index >= 15 is 0 Å². The fourth-order valence-corrected chi connectivity index (χ4v) is 21.5. The second-order valence-corrected chi connectivity index (χ2v) is 22.7. The van der Waals surface area contributed by atoms with Crippen molar-refractivity contribution >= 4 is 25.0 Å². The maximum Gasteiger partial charge on any atom is 0.335 e. The van der Waals surface area contributed by atoms with Gasteiger partial charge in [-0.15, -0.1) is 0 Å². The van der Waals surface area contributed by atoms with E-state index in [1.165, 1.54) is 42.8 Å². The van der Waals surface area contributed by atoms with Crippen LogP contribution in [0.5, 0.6) is 0 Å². The van der Waals surface area contributed by atoms with Crippen LogP contribution >= 0.6 is 0 Å². The first-order chi connectivity index (χ1) is 13.2. The first-order valence-corrected chi connectivity index (χ1v) is 20.0. The van der Waals surface area contributed by atoms with E-state index in [1.54, 1.807) is 0 Å². The number of hydrogen-bond donors (Lipinski definition) is 0. The van der Waals surface area contributed by atoms with Gasteiger partial charge >= 0.3 is 8.56 Å². The van der Waals surface area contributed by atoms with Crippen LogP contribution in [0.2, 0.25) is 48.9 Å². The Morgan fingerprint density at radius 3 is 1.50 bits per heavy atom. The van der Waals surface area contributed by atoms with Gasteiger partial charge in [0.2, 0.25) is 0 Å². The van der Waals surface area contributed by atoms with Crippen LogP contribution in [0.25, 0.3) is 0 Å². The van der Waals surface area contributed by atoms with E-state index in [-0.39, 0.29) is 0 Å². The lowest BCUT2D eigenvalue weighted by Gasteiger charge is -2.52. The molecule has 0 spiro atoms. The normalized spacial score (nSPS) is 16.4. The van der Waals surface area contributed by atoms with E-state index in [2.05, 4.69) is 73.1 Å². The minimum absolute atomic E-state index is 0.298. The first-order valence-electron chi connectivity index (χ1n) is 12.3. The SMILES string of the molecule is CCC[Si](C)(OCC)OC(C)CCN([Si](CC)(CC)CC)[Si](CC)(CC)CC. The lowest BCUT2D eigenvalue weighted by atomic mass is 10.3. The van der Waals surface area contributed by atoms with Crippen LogP contribution in [-0.4, -0.2) is 48.5 Å². The highest BCUT2D eigenvalue weighted by Gasteiger charge is 2.46. The largest absolute Gasteiger partial charge is 0.395 e. The predicted molar refractivity (Wildman–Crippen MR) is 135 cm³/mol. The standard InChI is InChI=1S/C22H53NO2Si3/c1-11-21-26(10,24-12-2)25-22(9)19-20-23(27(13-3,14-4)15-5)28(16-6,17-7)18-8/h22H,11-21H2,1-10H3. The summed E-state index contributed by atoms with van der Waals surface area (Å²) in [7, 11) is -4.78. The van der Waals surface area contributed by atoms with Crippen molar-refractivity contribution in [2.24, 2.45) is 0 Å². The molecule has 0 bridgehead atoms. The lowest BCUT2D eigenvalue weighted by Crippen LogP contribution is -2.66. The van der Waals surface area contributed by atoms with Crippen molar-refractivity contribution in [3.63, 3.8) is 0 Å². The average molecular weight is 448 g/mol. The molecular weight excluding hydrogens is 395 g/mol. The molecule has 0 aliphatic carbocycles. The molecule has 6 heteroatoms. The molecule has 0 aromatic heterocycles. The molecule has 28 heavy (non-hydrogen) atoms. The molecule has 0 aliphatic heterocycles. The fourth-order valence-electron chi connectivity index (χ4n) is 5.34.